The smallest absolute Gasteiger partial charge is 0.287 e. The van der Waals surface area contributed by atoms with Crippen LogP contribution in [-0.2, 0) is 0 Å². The summed E-state index contributed by atoms with van der Waals surface area (Å²) in [5, 5.41) is 14.8. The van der Waals surface area contributed by atoms with Crippen LogP contribution in [0.4, 0.5) is 17.1 Å². The van der Waals surface area contributed by atoms with Gasteiger partial charge in [-0.25, -0.2) is 0 Å². The van der Waals surface area contributed by atoms with Gasteiger partial charge in [-0.05, 0) is 37.1 Å². The van der Waals surface area contributed by atoms with Gasteiger partial charge in [0.15, 0.2) is 0 Å². The highest BCUT2D eigenvalue weighted by molar-refractivity contribution is 7.22. The lowest BCUT2D eigenvalue weighted by Crippen LogP contribution is -2.17. The first-order valence-electron chi connectivity index (χ1n) is 8.56. The highest BCUT2D eigenvalue weighted by Crippen LogP contribution is 2.40. The maximum Gasteiger partial charge on any atom is 0.287 e. The third-order valence-electron chi connectivity index (χ3n) is 4.63. The Morgan fingerprint density at radius 1 is 1.15 bits per heavy atom. The number of anilines is 2. The van der Waals surface area contributed by atoms with E-state index in [0.717, 1.165) is 30.1 Å². The van der Waals surface area contributed by atoms with Gasteiger partial charge in [-0.1, -0.05) is 23.7 Å². The van der Waals surface area contributed by atoms with Crippen LogP contribution in [0.1, 0.15) is 22.5 Å². The third kappa shape index (κ3) is 3.36. The van der Waals surface area contributed by atoms with Crippen molar-refractivity contribution in [2.24, 2.45) is 0 Å². The van der Waals surface area contributed by atoms with Crippen molar-refractivity contribution in [3.63, 3.8) is 0 Å². The molecule has 0 unspecified atom stereocenters. The summed E-state index contributed by atoms with van der Waals surface area (Å²) in [7, 11) is 0. The molecule has 6 nitrogen and oxygen atoms in total. The monoisotopic (exact) mass is 401 g/mol. The molecular formula is C19H16ClN3O3S. The molecule has 27 heavy (non-hydrogen) atoms. The number of hydrogen-bond donors (Lipinski definition) is 1. The molecule has 3 aromatic rings. The minimum Gasteiger partial charge on any atom is -0.372 e. The van der Waals surface area contributed by atoms with E-state index < -0.39 is 4.92 Å². The summed E-state index contributed by atoms with van der Waals surface area (Å²) in [6.45, 7) is 2.11. The second-order valence-corrected chi connectivity index (χ2v) is 7.75. The predicted octanol–water partition coefficient (Wildman–Crippen LogP) is 5.32. The fourth-order valence-electron chi connectivity index (χ4n) is 3.28. The molecule has 138 valence electrons. The molecule has 0 saturated carbocycles. The van der Waals surface area contributed by atoms with E-state index in [2.05, 4.69) is 10.2 Å². The van der Waals surface area contributed by atoms with Crippen molar-refractivity contribution in [2.75, 3.05) is 23.3 Å². The molecule has 8 heteroatoms. The molecule has 2 aromatic carbocycles. The van der Waals surface area contributed by atoms with Crippen LogP contribution in [0.2, 0.25) is 5.02 Å². The van der Waals surface area contributed by atoms with Gasteiger partial charge in [0.05, 0.1) is 9.95 Å². The van der Waals surface area contributed by atoms with Crippen molar-refractivity contribution in [1.29, 1.82) is 0 Å². The van der Waals surface area contributed by atoms with E-state index in [-0.39, 0.29) is 21.5 Å². The van der Waals surface area contributed by atoms with E-state index in [1.807, 2.05) is 24.3 Å². The van der Waals surface area contributed by atoms with Crippen LogP contribution in [0.3, 0.4) is 0 Å². The van der Waals surface area contributed by atoms with Crippen LogP contribution >= 0.6 is 22.9 Å². The van der Waals surface area contributed by atoms with E-state index in [4.69, 9.17) is 11.6 Å². The molecule has 0 atom stereocenters. The number of amides is 1. The lowest BCUT2D eigenvalue weighted by Gasteiger charge is -2.17. The molecule has 1 aromatic heterocycles. The van der Waals surface area contributed by atoms with E-state index in [9.17, 15) is 14.9 Å². The number of nitro benzene ring substituents is 1. The maximum absolute atomic E-state index is 12.7. The predicted molar refractivity (Wildman–Crippen MR) is 109 cm³/mol. The Balaban J connectivity index is 1.58. The Morgan fingerprint density at radius 2 is 1.85 bits per heavy atom. The molecule has 1 aliphatic rings. The van der Waals surface area contributed by atoms with Gasteiger partial charge in [0.2, 0.25) is 0 Å². The largest absolute Gasteiger partial charge is 0.372 e. The Hall–Kier alpha value is -2.64. The number of hydrogen-bond acceptors (Lipinski definition) is 5. The van der Waals surface area contributed by atoms with E-state index in [1.54, 1.807) is 12.1 Å². The quantitative estimate of drug-likeness (QED) is 0.474. The van der Waals surface area contributed by atoms with E-state index in [1.165, 1.54) is 18.9 Å². The first-order chi connectivity index (χ1) is 13.0. The van der Waals surface area contributed by atoms with Crippen LogP contribution in [0.25, 0.3) is 10.1 Å². The highest BCUT2D eigenvalue weighted by Gasteiger charge is 2.23. The molecule has 0 radical (unpaired) electrons. The van der Waals surface area contributed by atoms with Crippen molar-refractivity contribution in [3.8, 4) is 0 Å². The molecule has 1 amide bonds. The Labute approximate surface area is 164 Å². The molecule has 1 N–H and O–H groups in total. The summed E-state index contributed by atoms with van der Waals surface area (Å²) < 4.78 is 0.405. The molecule has 1 saturated heterocycles. The van der Waals surface area contributed by atoms with Crippen molar-refractivity contribution < 1.29 is 9.72 Å². The zero-order valence-electron chi connectivity index (χ0n) is 14.3. The van der Waals surface area contributed by atoms with Gasteiger partial charge < -0.3 is 10.2 Å². The summed E-state index contributed by atoms with van der Waals surface area (Å²) in [5.41, 5.74) is 1.75. The first kappa shape index (κ1) is 17.8. The topological polar surface area (TPSA) is 75.5 Å². The number of benzene rings is 2. The highest BCUT2D eigenvalue weighted by atomic mass is 35.5. The fourth-order valence-corrected chi connectivity index (χ4v) is 4.77. The Morgan fingerprint density at radius 3 is 2.52 bits per heavy atom. The average molecular weight is 402 g/mol. The number of rotatable bonds is 4. The molecular weight excluding hydrogens is 386 g/mol. The minimum atomic E-state index is -0.464. The standard InChI is InChI=1S/C19H16ClN3O3S/c20-16-14-4-3-5-15(23(25)26)17(14)27-18(16)19(24)21-12-6-8-13(9-7-12)22-10-1-2-11-22/h3-9H,1-2,10-11H2,(H,21,24). The van der Waals surface area contributed by atoms with E-state index in [0.29, 0.717) is 15.8 Å². The molecule has 0 spiro atoms. The summed E-state index contributed by atoms with van der Waals surface area (Å²) in [5.74, 6) is -0.371. The molecule has 0 bridgehead atoms. The number of carbonyl (C=O) groups excluding carboxylic acids is 1. The molecule has 1 aliphatic heterocycles. The number of nitro groups is 1. The van der Waals surface area contributed by atoms with Crippen molar-refractivity contribution >= 4 is 56.0 Å². The van der Waals surface area contributed by atoms with Crippen LogP contribution in [-0.4, -0.2) is 23.9 Å². The number of nitrogens with one attached hydrogen (secondary N) is 1. The number of nitrogens with zero attached hydrogens (tertiary/aromatic N) is 2. The van der Waals surface area contributed by atoms with Gasteiger partial charge in [0, 0.05) is 35.9 Å². The first-order valence-corrected chi connectivity index (χ1v) is 9.76. The van der Waals surface area contributed by atoms with Crippen LogP contribution < -0.4 is 10.2 Å². The van der Waals surface area contributed by atoms with Gasteiger partial charge >= 0.3 is 0 Å². The van der Waals surface area contributed by atoms with Gasteiger partial charge in [0.1, 0.15) is 9.58 Å². The number of thiophene rings is 1. The fraction of sp³-hybridized carbons (Fsp3) is 0.211. The van der Waals surface area contributed by atoms with Crippen LogP contribution in [0, 0.1) is 10.1 Å². The van der Waals surface area contributed by atoms with E-state index >= 15 is 0 Å². The van der Waals surface area contributed by atoms with Gasteiger partial charge in [-0.15, -0.1) is 11.3 Å². The summed E-state index contributed by atoms with van der Waals surface area (Å²) in [6.07, 6.45) is 2.41. The lowest BCUT2D eigenvalue weighted by molar-refractivity contribution is -0.382. The van der Waals surface area contributed by atoms with Crippen molar-refractivity contribution in [1.82, 2.24) is 0 Å². The van der Waals surface area contributed by atoms with Crippen LogP contribution in [0.15, 0.2) is 42.5 Å². The molecule has 0 aliphatic carbocycles. The normalized spacial score (nSPS) is 13.9. The summed E-state index contributed by atoms with van der Waals surface area (Å²) in [6, 6.07) is 12.3. The molecule has 2 heterocycles. The Bertz CT molecular complexity index is 1030. The number of non-ortho nitro benzene ring substituents is 1. The summed E-state index contributed by atoms with van der Waals surface area (Å²) in [4.78, 5) is 26.0. The van der Waals surface area contributed by atoms with Crippen molar-refractivity contribution in [2.45, 2.75) is 12.8 Å². The maximum atomic E-state index is 12.7. The molecule has 4 rings (SSSR count). The zero-order chi connectivity index (χ0) is 19.0. The van der Waals surface area contributed by atoms with Gasteiger partial charge in [0.25, 0.3) is 11.6 Å². The second-order valence-electron chi connectivity index (χ2n) is 6.35. The SMILES string of the molecule is O=C(Nc1ccc(N2CCCC2)cc1)c1sc2c([N+](=O)[O-])cccc2c1Cl. The van der Waals surface area contributed by atoms with Gasteiger partial charge in [-0.3, -0.25) is 14.9 Å². The van der Waals surface area contributed by atoms with Gasteiger partial charge in [-0.2, -0.15) is 0 Å². The average Bonchev–Trinajstić information content (AvgIpc) is 3.31. The van der Waals surface area contributed by atoms with Crippen LogP contribution in [0.5, 0.6) is 0 Å². The minimum absolute atomic E-state index is 0.0478. The molecule has 1 fully saturated rings. The Kier molecular flexibility index (Phi) is 4.72. The number of fused-ring (bicyclic) bond motifs is 1. The zero-order valence-corrected chi connectivity index (χ0v) is 15.8. The number of carbonyl (C=O) groups is 1. The van der Waals surface area contributed by atoms with Crippen molar-refractivity contribution in [3.05, 3.63) is 62.5 Å². The lowest BCUT2D eigenvalue weighted by atomic mass is 10.2. The second kappa shape index (κ2) is 7.17. The third-order valence-corrected chi connectivity index (χ3v) is 6.36. The summed E-state index contributed by atoms with van der Waals surface area (Å²) >= 11 is 7.36. The number of halogens is 1.